The summed E-state index contributed by atoms with van der Waals surface area (Å²) in [5.41, 5.74) is 1.06. The highest BCUT2D eigenvalue weighted by Crippen LogP contribution is 2.29. The fourth-order valence-electron chi connectivity index (χ4n) is 1.99. The summed E-state index contributed by atoms with van der Waals surface area (Å²) in [5, 5.41) is 1.08. The molecule has 6 heteroatoms. The average molecular weight is 322 g/mol. The Morgan fingerprint density at radius 2 is 1.95 bits per heavy atom. The van der Waals surface area contributed by atoms with Crippen LogP contribution in [-0.4, -0.2) is 37.9 Å². The molecule has 1 aromatic carbocycles. The summed E-state index contributed by atoms with van der Waals surface area (Å²) in [6.45, 7) is 1.29. The van der Waals surface area contributed by atoms with Crippen molar-refractivity contribution in [3.05, 3.63) is 33.8 Å². The van der Waals surface area contributed by atoms with E-state index in [0.29, 0.717) is 22.6 Å². The van der Waals surface area contributed by atoms with Gasteiger partial charge in [0.05, 0.1) is 15.8 Å². The summed E-state index contributed by atoms with van der Waals surface area (Å²) in [6, 6.07) is 6.07. The molecular formula is C13H17Cl2NO2S. The molecule has 0 bridgehead atoms. The third-order valence-electron chi connectivity index (χ3n) is 3.18. The Kier molecular flexibility index (Phi) is 4.77. The van der Waals surface area contributed by atoms with Crippen LogP contribution in [0.1, 0.15) is 18.4 Å². The minimum Gasteiger partial charge on any atom is -0.295 e. The molecule has 2 rings (SSSR count). The number of nitrogens with zero attached hydrogens (tertiary/aromatic N) is 1. The van der Waals surface area contributed by atoms with Gasteiger partial charge >= 0.3 is 0 Å². The minimum atomic E-state index is -2.92. The highest BCUT2D eigenvalue weighted by molar-refractivity contribution is 7.90. The molecule has 3 nitrogen and oxygen atoms in total. The molecule has 0 saturated heterocycles. The molecule has 1 saturated carbocycles. The van der Waals surface area contributed by atoms with E-state index in [1.807, 2.05) is 12.1 Å². The number of halogens is 2. The zero-order chi connectivity index (χ0) is 14.0. The van der Waals surface area contributed by atoms with Crippen molar-refractivity contribution in [2.45, 2.75) is 25.4 Å². The van der Waals surface area contributed by atoms with E-state index in [0.717, 1.165) is 24.9 Å². The van der Waals surface area contributed by atoms with Crippen molar-refractivity contribution in [3.8, 4) is 0 Å². The average Bonchev–Trinajstić information content (AvgIpc) is 3.12. The number of sulfone groups is 1. The first-order chi connectivity index (χ1) is 8.85. The van der Waals surface area contributed by atoms with Crippen molar-refractivity contribution in [2.75, 3.05) is 18.6 Å². The summed E-state index contributed by atoms with van der Waals surface area (Å²) in [5.74, 6) is 0.199. The molecular weight excluding hydrogens is 305 g/mol. The van der Waals surface area contributed by atoms with Gasteiger partial charge in [-0.1, -0.05) is 29.3 Å². The van der Waals surface area contributed by atoms with E-state index in [1.54, 1.807) is 6.07 Å². The lowest BCUT2D eigenvalue weighted by Gasteiger charge is -2.21. The molecule has 0 heterocycles. The van der Waals surface area contributed by atoms with Crippen LogP contribution in [0, 0.1) is 0 Å². The van der Waals surface area contributed by atoms with E-state index < -0.39 is 9.84 Å². The molecule has 106 valence electrons. The van der Waals surface area contributed by atoms with E-state index in [2.05, 4.69) is 4.90 Å². The monoisotopic (exact) mass is 321 g/mol. The van der Waals surface area contributed by atoms with Gasteiger partial charge < -0.3 is 0 Å². The van der Waals surface area contributed by atoms with Gasteiger partial charge in [0.15, 0.2) is 0 Å². The summed E-state index contributed by atoms with van der Waals surface area (Å²) in [4.78, 5) is 2.21. The van der Waals surface area contributed by atoms with Gasteiger partial charge in [0.1, 0.15) is 9.84 Å². The fourth-order valence-corrected chi connectivity index (χ4v) is 2.87. The van der Waals surface area contributed by atoms with Gasteiger partial charge in [0.2, 0.25) is 0 Å². The van der Waals surface area contributed by atoms with Crippen LogP contribution >= 0.6 is 23.2 Å². The van der Waals surface area contributed by atoms with Crippen LogP contribution in [0.4, 0.5) is 0 Å². The molecule has 0 unspecified atom stereocenters. The van der Waals surface area contributed by atoms with Crippen molar-refractivity contribution in [1.82, 2.24) is 4.90 Å². The minimum absolute atomic E-state index is 0.199. The summed E-state index contributed by atoms with van der Waals surface area (Å²) < 4.78 is 22.5. The maximum absolute atomic E-state index is 11.3. The number of hydrogen-bond acceptors (Lipinski definition) is 3. The lowest BCUT2D eigenvalue weighted by molar-refractivity contribution is 0.270. The molecule has 0 amide bonds. The molecule has 19 heavy (non-hydrogen) atoms. The predicted octanol–water partition coefficient (Wildman–Crippen LogP) is 3.00. The first-order valence-electron chi connectivity index (χ1n) is 6.21. The third kappa shape index (κ3) is 4.95. The van der Waals surface area contributed by atoms with Crippen molar-refractivity contribution in [2.24, 2.45) is 0 Å². The summed E-state index contributed by atoms with van der Waals surface area (Å²) >= 11 is 11.9. The van der Waals surface area contributed by atoms with E-state index in [1.165, 1.54) is 6.26 Å². The summed E-state index contributed by atoms with van der Waals surface area (Å²) in [6.07, 6.45) is 3.56. The SMILES string of the molecule is CS(=O)(=O)CCN(Cc1ccc(Cl)c(Cl)c1)C1CC1. The third-order valence-corrected chi connectivity index (χ3v) is 4.85. The standard InChI is InChI=1S/C13H17Cl2NO2S/c1-19(17,18)7-6-16(11-3-4-11)9-10-2-5-12(14)13(15)8-10/h2,5,8,11H,3-4,6-7,9H2,1H3. The van der Waals surface area contributed by atoms with Crippen molar-refractivity contribution >= 4 is 33.0 Å². The molecule has 1 fully saturated rings. The number of rotatable bonds is 6. The Hall–Kier alpha value is -0.290. The van der Waals surface area contributed by atoms with E-state index >= 15 is 0 Å². The molecule has 1 aliphatic rings. The zero-order valence-corrected chi connectivity index (χ0v) is 13.1. The van der Waals surface area contributed by atoms with Crippen molar-refractivity contribution in [1.29, 1.82) is 0 Å². The largest absolute Gasteiger partial charge is 0.295 e. The van der Waals surface area contributed by atoms with E-state index in [9.17, 15) is 8.42 Å². The van der Waals surface area contributed by atoms with Crippen molar-refractivity contribution < 1.29 is 8.42 Å². The lowest BCUT2D eigenvalue weighted by atomic mass is 10.2. The summed E-state index contributed by atoms with van der Waals surface area (Å²) in [7, 11) is -2.92. The number of hydrogen-bond donors (Lipinski definition) is 0. The Morgan fingerprint density at radius 1 is 1.26 bits per heavy atom. The number of benzene rings is 1. The van der Waals surface area contributed by atoms with Gasteiger partial charge in [0.25, 0.3) is 0 Å². The maximum Gasteiger partial charge on any atom is 0.148 e. The molecule has 0 aromatic heterocycles. The second-order valence-electron chi connectivity index (χ2n) is 5.08. The highest BCUT2D eigenvalue weighted by atomic mass is 35.5. The zero-order valence-electron chi connectivity index (χ0n) is 10.8. The topological polar surface area (TPSA) is 37.4 Å². The second-order valence-corrected chi connectivity index (χ2v) is 8.15. The van der Waals surface area contributed by atoms with Gasteiger partial charge in [-0.3, -0.25) is 4.90 Å². The molecule has 0 N–H and O–H groups in total. The van der Waals surface area contributed by atoms with Crippen molar-refractivity contribution in [3.63, 3.8) is 0 Å². The molecule has 1 aromatic rings. The van der Waals surface area contributed by atoms with Crippen LogP contribution in [0.2, 0.25) is 10.0 Å². The van der Waals surface area contributed by atoms with Gasteiger partial charge in [-0.15, -0.1) is 0 Å². The van der Waals surface area contributed by atoms with Crippen LogP contribution in [0.5, 0.6) is 0 Å². The molecule has 0 aliphatic heterocycles. The van der Waals surface area contributed by atoms with Crippen LogP contribution in [0.25, 0.3) is 0 Å². The van der Waals surface area contributed by atoms with Crippen LogP contribution in [-0.2, 0) is 16.4 Å². The van der Waals surface area contributed by atoms with Crippen LogP contribution < -0.4 is 0 Å². The smallest absolute Gasteiger partial charge is 0.148 e. The Bertz CT molecular complexity index is 556. The Balaban J connectivity index is 2.02. The molecule has 0 spiro atoms. The highest BCUT2D eigenvalue weighted by Gasteiger charge is 2.29. The fraction of sp³-hybridized carbons (Fsp3) is 0.538. The van der Waals surface area contributed by atoms with Gasteiger partial charge in [-0.25, -0.2) is 8.42 Å². The molecule has 0 radical (unpaired) electrons. The van der Waals surface area contributed by atoms with Crippen LogP contribution in [0.15, 0.2) is 18.2 Å². The van der Waals surface area contributed by atoms with Gasteiger partial charge in [-0.2, -0.15) is 0 Å². The second kappa shape index (κ2) is 6.00. The van der Waals surface area contributed by atoms with Crippen LogP contribution in [0.3, 0.4) is 0 Å². The van der Waals surface area contributed by atoms with E-state index in [-0.39, 0.29) is 5.75 Å². The first kappa shape index (κ1) is 15.1. The van der Waals surface area contributed by atoms with Gasteiger partial charge in [0, 0.05) is 25.4 Å². The Morgan fingerprint density at radius 3 is 2.47 bits per heavy atom. The predicted molar refractivity (Wildman–Crippen MR) is 79.6 cm³/mol. The molecule has 1 aliphatic carbocycles. The van der Waals surface area contributed by atoms with Gasteiger partial charge in [-0.05, 0) is 30.5 Å². The lowest BCUT2D eigenvalue weighted by Crippen LogP contribution is -2.30. The normalized spacial score (nSPS) is 16.0. The van der Waals surface area contributed by atoms with E-state index in [4.69, 9.17) is 23.2 Å². The Labute approximate surface area is 124 Å². The molecule has 0 atom stereocenters. The quantitative estimate of drug-likeness (QED) is 0.808. The first-order valence-corrected chi connectivity index (χ1v) is 9.02. The maximum atomic E-state index is 11.3.